The molecule has 0 saturated heterocycles. The van der Waals surface area contributed by atoms with Crippen molar-refractivity contribution in [3.8, 4) is 11.5 Å². The van der Waals surface area contributed by atoms with Crippen molar-refractivity contribution in [2.45, 2.75) is 90.0 Å². The van der Waals surface area contributed by atoms with Crippen LogP contribution in [0.25, 0.3) is 0 Å². The molecule has 35 heavy (non-hydrogen) atoms. The van der Waals surface area contributed by atoms with Crippen LogP contribution in [0.15, 0.2) is 41.6 Å². The Kier molecular flexibility index (Phi) is 8.57. The second-order valence-electron chi connectivity index (χ2n) is 10.9. The fourth-order valence-corrected chi connectivity index (χ4v) is 4.72. The number of nitroso groups, excluding NO2 is 1. The molecule has 2 aromatic rings. The molecule has 3 rings (SSSR count). The number of hydrogen-bond donors (Lipinski definition) is 1. The van der Waals surface area contributed by atoms with E-state index in [0.29, 0.717) is 12.4 Å². The molecule has 2 aromatic carbocycles. The summed E-state index contributed by atoms with van der Waals surface area (Å²) in [4.78, 5) is 24.0. The summed E-state index contributed by atoms with van der Waals surface area (Å²) >= 11 is 0. The molecule has 1 N–H and O–H groups in total. The molecule has 0 aliphatic heterocycles. The summed E-state index contributed by atoms with van der Waals surface area (Å²) < 4.78 is 11.0. The Labute approximate surface area is 209 Å². The number of unbranched alkanes of at least 4 members (excludes halogenated alkanes) is 3. The Bertz CT molecular complexity index is 1040. The number of phenolic OH excluding ortho intramolecular Hbond substituents is 1. The van der Waals surface area contributed by atoms with Crippen molar-refractivity contribution in [3.05, 3.63) is 63.6 Å². The lowest BCUT2D eigenvalue weighted by Gasteiger charge is -2.42. The number of nitrogens with zero attached hydrogens (tertiary/aromatic N) is 1. The number of hydrogen-bond acceptors (Lipinski definition) is 6. The number of phenols is 1. The Morgan fingerprint density at radius 2 is 1.71 bits per heavy atom. The first-order chi connectivity index (χ1) is 16.6. The number of carbonyl (C=O) groups excluding carboxylic acids is 1. The molecule has 0 bridgehead atoms. The molecule has 0 aromatic heterocycles. The normalized spacial score (nSPS) is 16.7. The monoisotopic (exact) mass is 481 g/mol. The van der Waals surface area contributed by atoms with E-state index < -0.39 is 12.0 Å². The van der Waals surface area contributed by atoms with Gasteiger partial charge in [0, 0.05) is 6.07 Å². The summed E-state index contributed by atoms with van der Waals surface area (Å²) in [7, 11) is 0. The Morgan fingerprint density at radius 3 is 2.37 bits per heavy atom. The minimum atomic E-state index is -0.684. The molecule has 0 radical (unpaired) electrons. The van der Waals surface area contributed by atoms with Crippen molar-refractivity contribution < 1.29 is 19.4 Å². The Hall–Kier alpha value is -2.89. The lowest BCUT2D eigenvalue weighted by atomic mass is 9.63. The fraction of sp³-hybridized carbons (Fsp3) is 0.552. The predicted molar refractivity (Wildman–Crippen MR) is 138 cm³/mol. The third-order valence-corrected chi connectivity index (χ3v) is 7.22. The van der Waals surface area contributed by atoms with Crippen molar-refractivity contribution in [1.82, 2.24) is 0 Å². The summed E-state index contributed by atoms with van der Waals surface area (Å²) in [6.07, 6.45) is 6.23. The molecule has 190 valence electrons. The van der Waals surface area contributed by atoms with Gasteiger partial charge in [0.25, 0.3) is 0 Å². The van der Waals surface area contributed by atoms with Gasteiger partial charge in [0.15, 0.2) is 6.04 Å². The molecule has 1 aliphatic rings. The van der Waals surface area contributed by atoms with Crippen molar-refractivity contribution in [2.24, 2.45) is 5.18 Å². The van der Waals surface area contributed by atoms with Crippen LogP contribution in [0, 0.1) is 4.91 Å². The second kappa shape index (κ2) is 11.2. The van der Waals surface area contributed by atoms with E-state index in [-0.39, 0.29) is 28.7 Å². The van der Waals surface area contributed by atoms with Crippen LogP contribution in [0.5, 0.6) is 11.5 Å². The zero-order chi connectivity index (χ0) is 25.6. The van der Waals surface area contributed by atoms with E-state index >= 15 is 0 Å². The highest BCUT2D eigenvalue weighted by Crippen LogP contribution is 2.46. The van der Waals surface area contributed by atoms with Crippen LogP contribution in [0.2, 0.25) is 0 Å². The van der Waals surface area contributed by atoms with Gasteiger partial charge in [0.1, 0.15) is 23.7 Å². The highest BCUT2D eigenvalue weighted by molar-refractivity contribution is 5.92. The third-order valence-electron chi connectivity index (χ3n) is 7.22. The fourth-order valence-electron chi connectivity index (χ4n) is 4.72. The molecule has 0 heterocycles. The molecule has 0 saturated carbocycles. The summed E-state index contributed by atoms with van der Waals surface area (Å²) in [6, 6.07) is 9.94. The topological polar surface area (TPSA) is 85.2 Å². The second-order valence-corrected chi connectivity index (χ2v) is 10.9. The van der Waals surface area contributed by atoms with Gasteiger partial charge >= 0.3 is 5.97 Å². The number of aromatic hydroxyl groups is 1. The largest absolute Gasteiger partial charge is 0.507 e. The molecular weight excluding hydrogens is 442 g/mol. The molecule has 0 amide bonds. The lowest BCUT2D eigenvalue weighted by molar-refractivity contribution is 0.0494. The first-order valence-corrected chi connectivity index (χ1v) is 12.7. The highest BCUT2D eigenvalue weighted by atomic mass is 16.5. The lowest BCUT2D eigenvalue weighted by Crippen LogP contribution is -2.34. The van der Waals surface area contributed by atoms with Crippen LogP contribution < -0.4 is 4.74 Å². The molecular formula is C29H39NO5. The standard InChI is InChI=1S/C29H39NO5/c1-6-7-8-9-16-34-27(32)22-12-11-21(18-26(22)31)35-19-25(30-33)20-10-13-23-24(17-20)29(4,5)15-14-28(23,2)3/h10-13,17-18,25,31H,6-9,14-16,19H2,1-5H3. The minimum absolute atomic E-state index is 0.0292. The zero-order valence-corrected chi connectivity index (χ0v) is 21.7. The van der Waals surface area contributed by atoms with E-state index in [1.807, 2.05) is 6.07 Å². The van der Waals surface area contributed by atoms with Crippen molar-refractivity contribution in [3.63, 3.8) is 0 Å². The maximum absolute atomic E-state index is 12.2. The van der Waals surface area contributed by atoms with Crippen LogP contribution in [-0.4, -0.2) is 24.3 Å². The van der Waals surface area contributed by atoms with Crippen LogP contribution in [0.1, 0.15) is 106 Å². The van der Waals surface area contributed by atoms with Gasteiger partial charge in [-0.1, -0.05) is 77.3 Å². The quantitative estimate of drug-likeness (QED) is 0.206. The molecule has 0 spiro atoms. The molecule has 1 unspecified atom stereocenters. The molecule has 1 aliphatic carbocycles. The molecule has 6 heteroatoms. The number of rotatable bonds is 11. The van der Waals surface area contributed by atoms with E-state index in [4.69, 9.17) is 9.47 Å². The number of esters is 1. The number of ether oxygens (including phenoxy) is 2. The van der Waals surface area contributed by atoms with E-state index in [9.17, 15) is 14.8 Å². The van der Waals surface area contributed by atoms with Crippen LogP contribution >= 0.6 is 0 Å². The summed E-state index contributed by atoms with van der Waals surface area (Å²) in [5.41, 5.74) is 3.62. The number of carbonyl (C=O) groups is 1. The average Bonchev–Trinajstić information content (AvgIpc) is 2.82. The first kappa shape index (κ1) is 26.7. The smallest absolute Gasteiger partial charge is 0.341 e. The molecule has 6 nitrogen and oxygen atoms in total. The first-order valence-electron chi connectivity index (χ1n) is 12.7. The van der Waals surface area contributed by atoms with Gasteiger partial charge in [0.05, 0.1) is 6.61 Å². The van der Waals surface area contributed by atoms with Crippen molar-refractivity contribution in [2.75, 3.05) is 13.2 Å². The maximum Gasteiger partial charge on any atom is 0.341 e. The third kappa shape index (κ3) is 6.41. The van der Waals surface area contributed by atoms with E-state index in [1.54, 1.807) is 6.07 Å². The number of benzene rings is 2. The van der Waals surface area contributed by atoms with Gasteiger partial charge in [-0.3, -0.25) is 0 Å². The minimum Gasteiger partial charge on any atom is -0.507 e. The van der Waals surface area contributed by atoms with Gasteiger partial charge in [-0.05, 0) is 58.9 Å². The Balaban J connectivity index is 1.66. The van der Waals surface area contributed by atoms with Gasteiger partial charge in [-0.25, -0.2) is 4.79 Å². The van der Waals surface area contributed by atoms with Crippen molar-refractivity contribution >= 4 is 5.97 Å². The Morgan fingerprint density at radius 1 is 1.00 bits per heavy atom. The predicted octanol–water partition coefficient (Wildman–Crippen LogP) is 7.36. The summed E-state index contributed by atoms with van der Waals surface area (Å²) in [5, 5.41) is 13.6. The van der Waals surface area contributed by atoms with Gasteiger partial charge in [0.2, 0.25) is 0 Å². The van der Waals surface area contributed by atoms with E-state index in [1.165, 1.54) is 23.3 Å². The van der Waals surface area contributed by atoms with Gasteiger partial charge < -0.3 is 14.6 Å². The molecule has 1 atom stereocenters. The summed E-state index contributed by atoms with van der Waals surface area (Å²) in [5.74, 6) is -0.415. The van der Waals surface area contributed by atoms with Crippen LogP contribution in [-0.2, 0) is 15.6 Å². The maximum atomic E-state index is 12.2. The van der Waals surface area contributed by atoms with E-state index in [2.05, 4.69) is 51.9 Å². The van der Waals surface area contributed by atoms with Gasteiger partial charge in [-0.2, -0.15) is 4.91 Å². The average molecular weight is 482 g/mol. The highest BCUT2D eigenvalue weighted by Gasteiger charge is 2.37. The number of fused-ring (bicyclic) bond motifs is 1. The van der Waals surface area contributed by atoms with Crippen LogP contribution in [0.3, 0.4) is 0 Å². The van der Waals surface area contributed by atoms with E-state index in [0.717, 1.165) is 44.1 Å². The SMILES string of the molecule is CCCCCCOC(=O)c1ccc(OCC(N=O)c2ccc3c(c2)C(C)(C)CCC3(C)C)cc1O. The summed E-state index contributed by atoms with van der Waals surface area (Å²) in [6.45, 7) is 11.5. The van der Waals surface area contributed by atoms with Gasteiger partial charge in [-0.15, -0.1) is 0 Å². The zero-order valence-electron chi connectivity index (χ0n) is 21.7. The van der Waals surface area contributed by atoms with Crippen LogP contribution in [0.4, 0.5) is 0 Å². The molecule has 0 fully saturated rings. The van der Waals surface area contributed by atoms with Crippen molar-refractivity contribution in [1.29, 1.82) is 0 Å².